The van der Waals surface area contributed by atoms with Gasteiger partial charge < -0.3 is 15.0 Å². The zero-order valence-electron chi connectivity index (χ0n) is 11.3. The summed E-state index contributed by atoms with van der Waals surface area (Å²) < 4.78 is 4.83. The molecule has 1 aromatic heterocycles. The van der Waals surface area contributed by atoms with Crippen molar-refractivity contribution in [2.75, 3.05) is 14.2 Å². The van der Waals surface area contributed by atoms with Crippen LogP contribution in [0.3, 0.4) is 0 Å². The molecule has 0 aromatic carbocycles. The van der Waals surface area contributed by atoms with Gasteiger partial charge >= 0.3 is 12.0 Å². The minimum Gasteiger partial charge on any atom is -0.466 e. The average molecular weight is 280 g/mol. The summed E-state index contributed by atoms with van der Waals surface area (Å²) in [5.41, 5.74) is 1.10. The van der Waals surface area contributed by atoms with E-state index in [0.29, 0.717) is 11.3 Å². The molecule has 1 aliphatic rings. The quantitative estimate of drug-likeness (QED) is 0.845. The van der Waals surface area contributed by atoms with Gasteiger partial charge in [0, 0.05) is 22.5 Å². The van der Waals surface area contributed by atoms with Crippen molar-refractivity contribution in [3.8, 4) is 0 Å². The number of methoxy groups -OCH3 is 1. The fraction of sp³-hybridized carbons (Fsp3) is 0.385. The van der Waals surface area contributed by atoms with Gasteiger partial charge in [0.15, 0.2) is 0 Å². The second kappa shape index (κ2) is 5.05. The smallest absolute Gasteiger partial charge is 0.338 e. The maximum absolute atomic E-state index is 12.0. The number of rotatable bonds is 2. The van der Waals surface area contributed by atoms with E-state index in [0.717, 1.165) is 9.75 Å². The maximum Gasteiger partial charge on any atom is 0.338 e. The Kier molecular flexibility index (Phi) is 3.61. The van der Waals surface area contributed by atoms with E-state index < -0.39 is 12.0 Å². The molecule has 0 saturated heterocycles. The van der Waals surface area contributed by atoms with Gasteiger partial charge in [-0.2, -0.15) is 0 Å². The Hall–Kier alpha value is -1.82. The molecule has 6 heteroatoms. The first-order valence-electron chi connectivity index (χ1n) is 5.85. The third kappa shape index (κ3) is 2.35. The number of hydrogen-bond acceptors (Lipinski definition) is 4. The van der Waals surface area contributed by atoms with Crippen LogP contribution in [0.2, 0.25) is 0 Å². The molecule has 102 valence electrons. The molecule has 1 aromatic rings. The zero-order valence-corrected chi connectivity index (χ0v) is 12.1. The monoisotopic (exact) mass is 280 g/mol. The molecule has 2 amide bonds. The van der Waals surface area contributed by atoms with Crippen LogP contribution in [0, 0.1) is 6.92 Å². The Balaban J connectivity index is 2.51. The van der Waals surface area contributed by atoms with Crippen molar-refractivity contribution >= 4 is 23.3 Å². The van der Waals surface area contributed by atoms with Gasteiger partial charge in [0.1, 0.15) is 0 Å². The highest BCUT2D eigenvalue weighted by molar-refractivity contribution is 7.12. The third-order valence-corrected chi connectivity index (χ3v) is 4.27. The summed E-state index contributed by atoms with van der Waals surface area (Å²) >= 11 is 1.56. The summed E-state index contributed by atoms with van der Waals surface area (Å²) in [4.78, 5) is 27.3. The van der Waals surface area contributed by atoms with Gasteiger partial charge in [0.05, 0.1) is 18.7 Å². The van der Waals surface area contributed by atoms with E-state index in [4.69, 9.17) is 4.74 Å². The normalized spacial score (nSPS) is 19.5. The molecule has 5 nitrogen and oxygen atoms in total. The van der Waals surface area contributed by atoms with Crippen LogP contribution >= 0.6 is 11.3 Å². The van der Waals surface area contributed by atoms with Crippen LogP contribution < -0.4 is 5.32 Å². The van der Waals surface area contributed by atoms with Crippen molar-refractivity contribution in [3.05, 3.63) is 33.2 Å². The van der Waals surface area contributed by atoms with Crippen molar-refractivity contribution in [2.24, 2.45) is 0 Å². The van der Waals surface area contributed by atoms with Gasteiger partial charge in [-0.3, -0.25) is 0 Å². The largest absolute Gasteiger partial charge is 0.466 e. The average Bonchev–Trinajstić information content (AvgIpc) is 2.81. The minimum absolute atomic E-state index is 0.221. The number of thiophene rings is 1. The van der Waals surface area contributed by atoms with Crippen LogP contribution in [-0.4, -0.2) is 31.1 Å². The van der Waals surface area contributed by atoms with Crippen LogP contribution in [-0.2, 0) is 9.53 Å². The Labute approximate surface area is 115 Å². The van der Waals surface area contributed by atoms with Crippen molar-refractivity contribution in [1.29, 1.82) is 0 Å². The van der Waals surface area contributed by atoms with Crippen LogP contribution in [0.15, 0.2) is 23.4 Å². The van der Waals surface area contributed by atoms with E-state index >= 15 is 0 Å². The van der Waals surface area contributed by atoms with E-state index in [2.05, 4.69) is 5.32 Å². The number of hydrogen-bond donors (Lipinski definition) is 1. The van der Waals surface area contributed by atoms with Gasteiger partial charge in [-0.25, -0.2) is 9.59 Å². The summed E-state index contributed by atoms with van der Waals surface area (Å²) in [5, 5.41) is 2.83. The van der Waals surface area contributed by atoms with Crippen LogP contribution in [0.4, 0.5) is 4.79 Å². The molecule has 0 bridgehead atoms. The lowest BCUT2D eigenvalue weighted by Gasteiger charge is -2.32. The van der Waals surface area contributed by atoms with Gasteiger partial charge in [-0.15, -0.1) is 11.3 Å². The molecule has 1 unspecified atom stereocenters. The highest BCUT2D eigenvalue weighted by Gasteiger charge is 2.35. The zero-order chi connectivity index (χ0) is 14.2. The molecule has 0 spiro atoms. The molecule has 2 heterocycles. The summed E-state index contributed by atoms with van der Waals surface area (Å²) in [7, 11) is 2.97. The number of esters is 1. The third-order valence-electron chi connectivity index (χ3n) is 3.21. The van der Waals surface area contributed by atoms with Crippen molar-refractivity contribution < 1.29 is 14.3 Å². The molecule has 2 rings (SSSR count). The maximum atomic E-state index is 12.0. The van der Waals surface area contributed by atoms with Crippen LogP contribution in [0.1, 0.15) is 22.7 Å². The number of carbonyl (C=O) groups excluding carboxylic acids is 2. The number of nitrogens with zero attached hydrogens (tertiary/aromatic N) is 1. The first-order valence-corrected chi connectivity index (χ1v) is 6.67. The molecule has 0 saturated carbocycles. The van der Waals surface area contributed by atoms with Gasteiger partial charge in [-0.05, 0) is 26.0 Å². The lowest BCUT2D eigenvalue weighted by Crippen LogP contribution is -2.45. The molecule has 19 heavy (non-hydrogen) atoms. The molecule has 1 atom stereocenters. The predicted molar refractivity (Wildman–Crippen MR) is 72.8 cm³/mol. The fourth-order valence-corrected chi connectivity index (χ4v) is 2.97. The number of aryl methyl sites for hydroxylation is 1. The molecule has 0 radical (unpaired) electrons. The van der Waals surface area contributed by atoms with Gasteiger partial charge in [-0.1, -0.05) is 0 Å². The van der Waals surface area contributed by atoms with Crippen LogP contribution in [0.25, 0.3) is 0 Å². The van der Waals surface area contributed by atoms with E-state index in [1.807, 2.05) is 19.1 Å². The first-order chi connectivity index (χ1) is 8.95. The number of urea groups is 1. The highest BCUT2D eigenvalue weighted by atomic mass is 32.1. The molecular formula is C13H16N2O3S. The number of amides is 2. The topological polar surface area (TPSA) is 58.6 Å². The molecule has 1 aliphatic heterocycles. The molecule has 0 aliphatic carbocycles. The number of carbonyl (C=O) groups is 2. The Morgan fingerprint density at radius 3 is 2.63 bits per heavy atom. The number of nitrogens with one attached hydrogen (secondary N) is 1. The Morgan fingerprint density at radius 2 is 2.11 bits per heavy atom. The second-order valence-electron chi connectivity index (χ2n) is 4.38. The van der Waals surface area contributed by atoms with E-state index in [-0.39, 0.29) is 6.03 Å². The van der Waals surface area contributed by atoms with E-state index in [1.54, 1.807) is 25.3 Å². The first kappa shape index (κ1) is 13.6. The minimum atomic E-state index is -0.435. The summed E-state index contributed by atoms with van der Waals surface area (Å²) in [5.74, 6) is -0.416. The van der Waals surface area contributed by atoms with Crippen molar-refractivity contribution in [1.82, 2.24) is 10.2 Å². The standard InChI is InChI=1S/C13H16N2O3S/c1-7-5-6-9(19-7)11-10(12(16)18-4)8(2)15(3)13(17)14-11/h5-6,11H,1-4H3,(H,14,17). The fourth-order valence-electron chi connectivity index (χ4n) is 2.03. The molecule has 1 N–H and O–H groups in total. The Bertz CT molecular complexity index is 562. The SMILES string of the molecule is COC(=O)C1=C(C)N(C)C(=O)NC1c1ccc(C)s1. The summed E-state index contributed by atoms with van der Waals surface area (Å²) in [6.45, 7) is 3.73. The molecular weight excluding hydrogens is 264 g/mol. The highest BCUT2D eigenvalue weighted by Crippen LogP contribution is 2.33. The van der Waals surface area contributed by atoms with Crippen molar-refractivity contribution in [3.63, 3.8) is 0 Å². The van der Waals surface area contributed by atoms with E-state index in [9.17, 15) is 9.59 Å². The number of ether oxygens (including phenoxy) is 1. The molecule has 0 fully saturated rings. The van der Waals surface area contributed by atoms with E-state index in [1.165, 1.54) is 12.0 Å². The second-order valence-corrected chi connectivity index (χ2v) is 5.70. The van der Waals surface area contributed by atoms with Crippen molar-refractivity contribution in [2.45, 2.75) is 19.9 Å². The lowest BCUT2D eigenvalue weighted by molar-refractivity contribution is -0.136. The predicted octanol–water partition coefficient (Wildman–Crippen LogP) is 2.20. The summed E-state index contributed by atoms with van der Waals surface area (Å²) in [6.07, 6.45) is 0. The van der Waals surface area contributed by atoms with Gasteiger partial charge in [0.25, 0.3) is 0 Å². The lowest BCUT2D eigenvalue weighted by atomic mass is 10.0. The number of allylic oxidation sites excluding steroid dienone is 1. The Morgan fingerprint density at radius 1 is 1.42 bits per heavy atom. The van der Waals surface area contributed by atoms with Gasteiger partial charge in [0.2, 0.25) is 0 Å². The summed E-state index contributed by atoms with van der Waals surface area (Å²) in [6, 6.07) is 3.23. The van der Waals surface area contributed by atoms with Crippen LogP contribution in [0.5, 0.6) is 0 Å².